The molecule has 52 valence electrons. The van der Waals surface area contributed by atoms with Crippen molar-refractivity contribution in [2.75, 3.05) is 0 Å². The summed E-state index contributed by atoms with van der Waals surface area (Å²) in [7, 11) is 0. The van der Waals surface area contributed by atoms with E-state index in [2.05, 4.69) is 9.97 Å². The Hall–Kier alpha value is -0.340. The molecule has 0 unspecified atom stereocenters. The fraction of sp³-hybridized carbons (Fsp3) is 0.200. The van der Waals surface area contributed by atoms with Gasteiger partial charge in [-0.1, -0.05) is 0 Å². The van der Waals surface area contributed by atoms with Crippen LogP contribution in [0.25, 0.3) is 0 Å². The summed E-state index contributed by atoms with van der Waals surface area (Å²) in [5.74, 6) is 0. The molecule has 0 atom stereocenters. The standard InChI is InChI=1S/C5H6N2.2ClH/c1-5-2-3-6-4-7-5;;/h2-4H,1H3;2*1H. The maximum Gasteiger partial charge on any atom is 0.115 e. The maximum atomic E-state index is 3.87. The number of halogens is 2. The second kappa shape index (κ2) is 5.79. The minimum atomic E-state index is 0. The van der Waals surface area contributed by atoms with Crippen molar-refractivity contribution in [3.8, 4) is 0 Å². The highest BCUT2D eigenvalue weighted by molar-refractivity contribution is 5.85. The Bertz CT molecular complexity index is 143. The van der Waals surface area contributed by atoms with Crippen LogP contribution in [0.1, 0.15) is 5.69 Å². The highest BCUT2D eigenvalue weighted by Crippen LogP contribution is 1.82. The summed E-state index contributed by atoms with van der Waals surface area (Å²) in [4.78, 5) is 7.60. The maximum absolute atomic E-state index is 3.87. The van der Waals surface area contributed by atoms with Crippen LogP contribution >= 0.6 is 24.8 Å². The number of aryl methyl sites for hydroxylation is 1. The predicted octanol–water partition coefficient (Wildman–Crippen LogP) is 1.63. The molecule has 1 heterocycles. The average Bonchev–Trinajstić information content (AvgIpc) is 1.69. The molecule has 9 heavy (non-hydrogen) atoms. The smallest absolute Gasteiger partial charge is 0.115 e. The van der Waals surface area contributed by atoms with E-state index in [0.717, 1.165) is 5.69 Å². The summed E-state index contributed by atoms with van der Waals surface area (Å²) in [6.45, 7) is 1.93. The zero-order valence-electron chi connectivity index (χ0n) is 4.94. The van der Waals surface area contributed by atoms with E-state index in [1.54, 1.807) is 6.20 Å². The van der Waals surface area contributed by atoms with Crippen molar-refractivity contribution in [3.63, 3.8) is 0 Å². The summed E-state index contributed by atoms with van der Waals surface area (Å²) in [5.41, 5.74) is 1.01. The lowest BCUT2D eigenvalue weighted by Crippen LogP contribution is -1.77. The fourth-order valence-corrected chi connectivity index (χ4v) is 0.357. The van der Waals surface area contributed by atoms with E-state index in [1.165, 1.54) is 6.33 Å². The van der Waals surface area contributed by atoms with Crippen LogP contribution in [0.15, 0.2) is 18.6 Å². The van der Waals surface area contributed by atoms with Gasteiger partial charge in [-0.25, -0.2) is 9.97 Å². The number of nitrogens with zero attached hydrogens (tertiary/aromatic N) is 2. The predicted molar refractivity (Wildman–Crippen MR) is 41.3 cm³/mol. The molecule has 0 aliphatic carbocycles. The normalized spacial score (nSPS) is 6.78. The first kappa shape index (κ1) is 11.5. The van der Waals surface area contributed by atoms with Gasteiger partial charge in [0, 0.05) is 11.9 Å². The molecule has 0 aliphatic rings. The second-order valence-electron chi connectivity index (χ2n) is 1.35. The minimum absolute atomic E-state index is 0. The van der Waals surface area contributed by atoms with Gasteiger partial charge in [-0.2, -0.15) is 0 Å². The molecule has 0 fully saturated rings. The monoisotopic (exact) mass is 166 g/mol. The Morgan fingerprint density at radius 1 is 1.33 bits per heavy atom. The SMILES string of the molecule is Cc1ccncn1.Cl.Cl. The van der Waals surface area contributed by atoms with Gasteiger partial charge in [-0.15, -0.1) is 24.8 Å². The molecule has 0 aromatic carbocycles. The zero-order valence-corrected chi connectivity index (χ0v) is 6.58. The van der Waals surface area contributed by atoms with Crippen LogP contribution in [0.4, 0.5) is 0 Å². The van der Waals surface area contributed by atoms with Gasteiger partial charge in [0.2, 0.25) is 0 Å². The molecular weight excluding hydrogens is 159 g/mol. The van der Waals surface area contributed by atoms with Gasteiger partial charge in [0.15, 0.2) is 0 Å². The van der Waals surface area contributed by atoms with Crippen molar-refractivity contribution in [1.82, 2.24) is 9.97 Å². The van der Waals surface area contributed by atoms with E-state index in [1.807, 2.05) is 13.0 Å². The number of rotatable bonds is 0. The van der Waals surface area contributed by atoms with Gasteiger partial charge >= 0.3 is 0 Å². The third-order valence-electron chi connectivity index (χ3n) is 0.730. The second-order valence-corrected chi connectivity index (χ2v) is 1.35. The van der Waals surface area contributed by atoms with Crippen molar-refractivity contribution in [2.45, 2.75) is 6.92 Å². The molecule has 1 aromatic heterocycles. The van der Waals surface area contributed by atoms with Gasteiger partial charge in [0.1, 0.15) is 6.33 Å². The first-order valence-electron chi connectivity index (χ1n) is 2.12. The molecule has 0 saturated carbocycles. The van der Waals surface area contributed by atoms with Crippen molar-refractivity contribution < 1.29 is 0 Å². The van der Waals surface area contributed by atoms with Crippen molar-refractivity contribution in [3.05, 3.63) is 24.3 Å². The quantitative estimate of drug-likeness (QED) is 0.586. The summed E-state index contributed by atoms with van der Waals surface area (Å²) in [6.07, 6.45) is 3.26. The Morgan fingerprint density at radius 3 is 2.22 bits per heavy atom. The minimum Gasteiger partial charge on any atom is -0.245 e. The highest BCUT2D eigenvalue weighted by Gasteiger charge is 1.74. The van der Waals surface area contributed by atoms with Gasteiger partial charge in [0.25, 0.3) is 0 Å². The number of hydrogen-bond donors (Lipinski definition) is 0. The molecular formula is C5H8Cl2N2. The van der Waals surface area contributed by atoms with Gasteiger partial charge in [-0.3, -0.25) is 0 Å². The van der Waals surface area contributed by atoms with Crippen molar-refractivity contribution >= 4 is 24.8 Å². The van der Waals surface area contributed by atoms with Crippen molar-refractivity contribution in [1.29, 1.82) is 0 Å². The molecule has 0 radical (unpaired) electrons. The summed E-state index contributed by atoms with van der Waals surface area (Å²) < 4.78 is 0. The van der Waals surface area contributed by atoms with E-state index in [4.69, 9.17) is 0 Å². The Morgan fingerprint density at radius 2 is 2.00 bits per heavy atom. The summed E-state index contributed by atoms with van der Waals surface area (Å²) >= 11 is 0. The van der Waals surface area contributed by atoms with Crippen LogP contribution in [0.5, 0.6) is 0 Å². The van der Waals surface area contributed by atoms with Gasteiger partial charge in [-0.05, 0) is 13.0 Å². The molecule has 1 aromatic rings. The van der Waals surface area contributed by atoms with Crippen molar-refractivity contribution in [2.24, 2.45) is 0 Å². The van der Waals surface area contributed by atoms with E-state index in [0.29, 0.717) is 0 Å². The Kier molecular flexibility index (Phi) is 7.37. The lowest BCUT2D eigenvalue weighted by Gasteiger charge is -1.81. The molecule has 4 heteroatoms. The van der Waals surface area contributed by atoms with E-state index in [-0.39, 0.29) is 24.8 Å². The molecule has 1 rings (SSSR count). The zero-order chi connectivity index (χ0) is 5.11. The van der Waals surface area contributed by atoms with E-state index >= 15 is 0 Å². The fourth-order valence-electron chi connectivity index (χ4n) is 0.357. The molecule has 0 spiro atoms. The Balaban J connectivity index is 0. The number of hydrogen-bond acceptors (Lipinski definition) is 2. The molecule has 0 N–H and O–H groups in total. The summed E-state index contributed by atoms with van der Waals surface area (Å²) in [6, 6.07) is 1.86. The first-order chi connectivity index (χ1) is 3.39. The highest BCUT2D eigenvalue weighted by atomic mass is 35.5. The van der Waals surface area contributed by atoms with Crippen LogP contribution in [0.3, 0.4) is 0 Å². The molecule has 0 bridgehead atoms. The Labute approximate surface area is 66.5 Å². The topological polar surface area (TPSA) is 25.8 Å². The van der Waals surface area contributed by atoms with Crippen LogP contribution < -0.4 is 0 Å². The molecule has 2 nitrogen and oxygen atoms in total. The lowest BCUT2D eigenvalue weighted by atomic mass is 10.5. The van der Waals surface area contributed by atoms with Gasteiger partial charge in [0.05, 0.1) is 0 Å². The van der Waals surface area contributed by atoms with Crippen LogP contribution in [-0.2, 0) is 0 Å². The molecule has 0 saturated heterocycles. The first-order valence-corrected chi connectivity index (χ1v) is 2.12. The van der Waals surface area contributed by atoms with Gasteiger partial charge < -0.3 is 0 Å². The van der Waals surface area contributed by atoms with Crippen LogP contribution in [-0.4, -0.2) is 9.97 Å². The van der Waals surface area contributed by atoms with E-state index < -0.39 is 0 Å². The molecule has 0 aliphatic heterocycles. The third-order valence-corrected chi connectivity index (χ3v) is 0.730. The van der Waals surface area contributed by atoms with Crippen LogP contribution in [0, 0.1) is 6.92 Å². The van der Waals surface area contributed by atoms with Crippen LogP contribution in [0.2, 0.25) is 0 Å². The van der Waals surface area contributed by atoms with E-state index in [9.17, 15) is 0 Å². The largest absolute Gasteiger partial charge is 0.245 e. The molecule has 0 amide bonds. The number of aromatic nitrogens is 2. The average molecular weight is 167 g/mol. The summed E-state index contributed by atoms with van der Waals surface area (Å²) in [5, 5.41) is 0. The lowest BCUT2D eigenvalue weighted by molar-refractivity contribution is 1.10. The third kappa shape index (κ3) is 4.18.